The van der Waals surface area contributed by atoms with Crippen LogP contribution in [0.1, 0.15) is 51.9 Å². The zero-order valence-corrected chi connectivity index (χ0v) is 13.9. The molecule has 21 heavy (non-hydrogen) atoms. The maximum Gasteiger partial charge on any atom is 0.223 e. The van der Waals surface area contributed by atoms with Gasteiger partial charge >= 0.3 is 0 Å². The molecule has 4 nitrogen and oxygen atoms in total. The van der Waals surface area contributed by atoms with Crippen molar-refractivity contribution in [2.75, 3.05) is 12.0 Å². The fraction of sp³-hybridized carbons (Fsp3) is 0.938. The van der Waals surface area contributed by atoms with E-state index in [1.165, 1.54) is 31.9 Å². The molecule has 2 bridgehead atoms. The minimum Gasteiger partial charge on any atom is -0.336 e. The first-order valence-electron chi connectivity index (χ1n) is 8.32. The number of rotatable bonds is 6. The molecule has 5 heteroatoms. The first-order chi connectivity index (χ1) is 9.83. The molecule has 0 aromatic rings. The third-order valence-electron chi connectivity index (χ3n) is 5.57. The maximum absolute atomic E-state index is 12.7. The topological polar surface area (TPSA) is 54.5 Å². The summed E-state index contributed by atoms with van der Waals surface area (Å²) < 4.78 is 23.0. The van der Waals surface area contributed by atoms with E-state index in [1.807, 2.05) is 11.8 Å². The molecule has 0 radical (unpaired) electrons. The third kappa shape index (κ3) is 3.61. The van der Waals surface area contributed by atoms with Crippen molar-refractivity contribution in [2.45, 2.75) is 64.0 Å². The van der Waals surface area contributed by atoms with E-state index >= 15 is 0 Å². The van der Waals surface area contributed by atoms with Crippen molar-refractivity contribution in [1.82, 2.24) is 4.90 Å². The van der Waals surface area contributed by atoms with Crippen molar-refractivity contribution in [2.24, 2.45) is 17.8 Å². The van der Waals surface area contributed by atoms with Crippen molar-refractivity contribution in [3.8, 4) is 0 Å². The number of sulfone groups is 1. The highest BCUT2D eigenvalue weighted by Gasteiger charge is 2.43. The quantitative estimate of drug-likeness (QED) is 0.755. The van der Waals surface area contributed by atoms with Crippen LogP contribution in [0.2, 0.25) is 0 Å². The van der Waals surface area contributed by atoms with Crippen molar-refractivity contribution in [1.29, 1.82) is 0 Å². The lowest BCUT2D eigenvalue weighted by molar-refractivity contribution is -0.134. The summed E-state index contributed by atoms with van der Waals surface area (Å²) in [6.45, 7) is 1.89. The minimum atomic E-state index is -3.04. The zero-order chi connectivity index (χ0) is 15.2. The Kier molecular flexibility index (Phi) is 4.06. The molecular weight excluding hydrogens is 286 g/mol. The van der Waals surface area contributed by atoms with E-state index in [0.29, 0.717) is 18.4 Å². The summed E-state index contributed by atoms with van der Waals surface area (Å²) in [5.41, 5.74) is 0. The number of nitrogens with zero attached hydrogens (tertiary/aromatic N) is 1. The third-order valence-corrected chi connectivity index (χ3v) is 6.66. The van der Waals surface area contributed by atoms with Crippen LogP contribution in [0, 0.1) is 17.8 Å². The van der Waals surface area contributed by atoms with E-state index in [1.54, 1.807) is 0 Å². The van der Waals surface area contributed by atoms with Gasteiger partial charge in [-0.05, 0) is 56.8 Å². The lowest BCUT2D eigenvalue weighted by Crippen LogP contribution is -2.44. The fourth-order valence-corrected chi connectivity index (χ4v) is 5.67. The fourth-order valence-electron chi connectivity index (χ4n) is 4.64. The van der Waals surface area contributed by atoms with Gasteiger partial charge in [0, 0.05) is 24.8 Å². The van der Waals surface area contributed by atoms with E-state index in [4.69, 9.17) is 0 Å². The van der Waals surface area contributed by atoms with Gasteiger partial charge in [0.05, 0.1) is 5.75 Å². The van der Waals surface area contributed by atoms with Gasteiger partial charge in [-0.1, -0.05) is 6.42 Å². The van der Waals surface area contributed by atoms with Crippen LogP contribution in [-0.2, 0) is 14.6 Å². The summed E-state index contributed by atoms with van der Waals surface area (Å²) in [4.78, 5) is 14.6. The second kappa shape index (κ2) is 5.56. The van der Waals surface area contributed by atoms with Gasteiger partial charge in [-0.25, -0.2) is 8.42 Å². The van der Waals surface area contributed by atoms with Crippen molar-refractivity contribution in [3.05, 3.63) is 0 Å². The van der Waals surface area contributed by atoms with Crippen LogP contribution in [0.3, 0.4) is 0 Å². The number of hydrogen-bond donors (Lipinski definition) is 0. The standard InChI is InChI=1S/C16H27NO3S/c1-11(10-21(2,19)20)17(15-5-6-15)16(18)9-14-8-12-3-4-13(14)7-12/h11-15H,3-10H2,1-2H3/t11-,12+,13+,14+/m1/s1. The highest BCUT2D eigenvalue weighted by Crippen LogP contribution is 2.50. The molecule has 0 aromatic heterocycles. The Morgan fingerprint density at radius 2 is 1.90 bits per heavy atom. The summed E-state index contributed by atoms with van der Waals surface area (Å²) in [5.74, 6) is 2.46. The second-order valence-corrected chi connectivity index (χ2v) is 9.80. The lowest BCUT2D eigenvalue weighted by Gasteiger charge is -2.31. The molecule has 0 heterocycles. The van der Waals surface area contributed by atoms with Crippen molar-refractivity contribution < 1.29 is 13.2 Å². The summed E-state index contributed by atoms with van der Waals surface area (Å²) in [6, 6.07) is 0.117. The summed E-state index contributed by atoms with van der Waals surface area (Å²) >= 11 is 0. The van der Waals surface area contributed by atoms with Gasteiger partial charge in [0.15, 0.2) is 0 Å². The van der Waals surface area contributed by atoms with Crippen LogP contribution in [0.25, 0.3) is 0 Å². The average molecular weight is 313 g/mol. The monoisotopic (exact) mass is 313 g/mol. The molecule has 0 saturated heterocycles. The molecule has 0 unspecified atom stereocenters. The Balaban J connectivity index is 1.62. The molecule has 120 valence electrons. The first-order valence-corrected chi connectivity index (χ1v) is 10.4. The Morgan fingerprint density at radius 3 is 2.38 bits per heavy atom. The molecule has 3 aliphatic rings. The van der Waals surface area contributed by atoms with Gasteiger partial charge < -0.3 is 4.90 Å². The summed E-state index contributed by atoms with van der Waals surface area (Å²) in [7, 11) is -3.04. The average Bonchev–Trinajstić information content (AvgIpc) is 2.95. The molecule has 3 fully saturated rings. The molecule has 0 aliphatic heterocycles. The zero-order valence-electron chi connectivity index (χ0n) is 13.1. The minimum absolute atomic E-state index is 0.0892. The lowest BCUT2D eigenvalue weighted by atomic mass is 9.86. The van der Waals surface area contributed by atoms with E-state index in [0.717, 1.165) is 24.7 Å². The van der Waals surface area contributed by atoms with E-state index in [-0.39, 0.29) is 17.7 Å². The van der Waals surface area contributed by atoms with Gasteiger partial charge in [0.2, 0.25) is 5.91 Å². The number of hydrogen-bond acceptors (Lipinski definition) is 3. The van der Waals surface area contributed by atoms with E-state index in [2.05, 4.69) is 0 Å². The maximum atomic E-state index is 12.7. The summed E-state index contributed by atoms with van der Waals surface area (Å²) in [6.07, 6.45) is 9.17. The largest absolute Gasteiger partial charge is 0.336 e. The van der Waals surface area contributed by atoms with Gasteiger partial charge in [0.25, 0.3) is 0 Å². The van der Waals surface area contributed by atoms with Crippen molar-refractivity contribution in [3.63, 3.8) is 0 Å². The molecule has 1 amide bonds. The number of carbonyl (C=O) groups is 1. The molecular formula is C16H27NO3S. The molecule has 3 rings (SSSR count). The number of fused-ring (bicyclic) bond motifs is 2. The molecule has 3 aliphatic carbocycles. The number of carbonyl (C=O) groups excluding carboxylic acids is 1. The molecule has 0 N–H and O–H groups in total. The highest BCUT2D eigenvalue weighted by molar-refractivity contribution is 7.90. The van der Waals surface area contributed by atoms with Crippen LogP contribution in [0.4, 0.5) is 0 Å². The van der Waals surface area contributed by atoms with Crippen LogP contribution in [0.15, 0.2) is 0 Å². The second-order valence-electron chi connectivity index (χ2n) is 7.61. The Morgan fingerprint density at radius 1 is 1.19 bits per heavy atom. The van der Waals surface area contributed by atoms with Crippen LogP contribution in [-0.4, -0.2) is 43.3 Å². The Hall–Kier alpha value is -0.580. The van der Waals surface area contributed by atoms with Gasteiger partial charge in [-0.2, -0.15) is 0 Å². The van der Waals surface area contributed by atoms with Crippen LogP contribution >= 0.6 is 0 Å². The smallest absolute Gasteiger partial charge is 0.223 e. The molecule has 0 aromatic carbocycles. The van der Waals surface area contributed by atoms with Crippen LogP contribution in [0.5, 0.6) is 0 Å². The van der Waals surface area contributed by atoms with E-state index in [9.17, 15) is 13.2 Å². The van der Waals surface area contributed by atoms with Gasteiger partial charge in [-0.3, -0.25) is 4.79 Å². The predicted octanol–water partition coefficient (Wildman–Crippen LogP) is 2.24. The SMILES string of the molecule is C[C@H](CS(C)(=O)=O)N(C(=O)C[C@@H]1C[C@H]2CC[C@H]1C2)C1CC1. The van der Waals surface area contributed by atoms with Gasteiger partial charge in [-0.15, -0.1) is 0 Å². The number of amides is 1. The Bertz CT molecular complexity index is 512. The predicted molar refractivity (Wildman–Crippen MR) is 82.6 cm³/mol. The normalized spacial score (nSPS) is 33.1. The highest BCUT2D eigenvalue weighted by atomic mass is 32.2. The van der Waals surface area contributed by atoms with Crippen molar-refractivity contribution >= 4 is 15.7 Å². The molecule has 0 spiro atoms. The first kappa shape index (κ1) is 15.3. The molecule has 4 atom stereocenters. The van der Waals surface area contributed by atoms with Gasteiger partial charge in [0.1, 0.15) is 9.84 Å². The van der Waals surface area contributed by atoms with E-state index < -0.39 is 9.84 Å². The Labute approximate surface area is 128 Å². The molecule has 3 saturated carbocycles. The summed E-state index contributed by atoms with van der Waals surface area (Å²) in [5, 5.41) is 0. The van der Waals surface area contributed by atoms with Crippen LogP contribution < -0.4 is 0 Å².